The highest BCUT2D eigenvalue weighted by Gasteiger charge is 2.08. The van der Waals surface area contributed by atoms with Crippen LogP contribution in [-0.2, 0) is 11.3 Å². The molecule has 21 heavy (non-hydrogen) atoms. The molecule has 2 aromatic heterocycles. The van der Waals surface area contributed by atoms with E-state index in [0.29, 0.717) is 18.1 Å². The molecule has 0 N–H and O–H groups in total. The first-order chi connectivity index (χ1) is 10.3. The lowest BCUT2D eigenvalue weighted by Gasteiger charge is -2.07. The van der Waals surface area contributed by atoms with Crippen molar-refractivity contribution >= 4 is 27.5 Å². The number of methoxy groups -OCH3 is 1. The Hall–Kier alpha value is -2.47. The molecule has 0 atom stereocenters. The molecule has 0 spiro atoms. The van der Waals surface area contributed by atoms with E-state index >= 15 is 0 Å². The van der Waals surface area contributed by atoms with Gasteiger partial charge in [-0.3, -0.25) is 0 Å². The van der Waals surface area contributed by atoms with Crippen LogP contribution in [-0.4, -0.2) is 23.0 Å². The SMILES string of the molecule is COC(=O)c1cccc(COc2ncnc3sccc23)c1. The molecule has 0 aliphatic heterocycles. The zero-order chi connectivity index (χ0) is 14.7. The van der Waals surface area contributed by atoms with E-state index in [1.807, 2.05) is 17.5 Å². The zero-order valence-corrected chi connectivity index (χ0v) is 12.1. The summed E-state index contributed by atoms with van der Waals surface area (Å²) in [6, 6.07) is 9.07. The van der Waals surface area contributed by atoms with E-state index < -0.39 is 0 Å². The van der Waals surface area contributed by atoms with Crippen molar-refractivity contribution in [3.8, 4) is 5.88 Å². The normalized spacial score (nSPS) is 10.5. The van der Waals surface area contributed by atoms with Gasteiger partial charge in [-0.2, -0.15) is 0 Å². The van der Waals surface area contributed by atoms with E-state index in [1.54, 1.807) is 29.5 Å². The maximum atomic E-state index is 11.5. The Bertz CT molecular complexity index is 785. The van der Waals surface area contributed by atoms with Crippen LogP contribution in [0.5, 0.6) is 5.88 Å². The highest BCUT2D eigenvalue weighted by molar-refractivity contribution is 7.16. The van der Waals surface area contributed by atoms with Gasteiger partial charge in [0.1, 0.15) is 17.8 Å². The quantitative estimate of drug-likeness (QED) is 0.693. The molecular formula is C15H12N2O3S. The molecule has 0 saturated carbocycles. The number of hydrogen-bond donors (Lipinski definition) is 0. The maximum absolute atomic E-state index is 11.5. The lowest BCUT2D eigenvalue weighted by molar-refractivity contribution is 0.0600. The number of carbonyl (C=O) groups excluding carboxylic acids is 1. The van der Waals surface area contributed by atoms with E-state index in [0.717, 1.165) is 15.8 Å². The molecule has 0 fully saturated rings. The zero-order valence-electron chi connectivity index (χ0n) is 11.3. The second kappa shape index (κ2) is 5.88. The molecule has 0 aliphatic rings. The lowest BCUT2D eigenvalue weighted by atomic mass is 10.1. The first-order valence-corrected chi connectivity index (χ1v) is 7.14. The van der Waals surface area contributed by atoms with Gasteiger partial charge >= 0.3 is 5.97 Å². The van der Waals surface area contributed by atoms with Crippen LogP contribution in [0.4, 0.5) is 0 Å². The largest absolute Gasteiger partial charge is 0.472 e. The number of fused-ring (bicyclic) bond motifs is 1. The number of ether oxygens (including phenoxy) is 2. The van der Waals surface area contributed by atoms with Gasteiger partial charge in [0, 0.05) is 0 Å². The number of hydrogen-bond acceptors (Lipinski definition) is 6. The van der Waals surface area contributed by atoms with Gasteiger partial charge in [0.15, 0.2) is 0 Å². The highest BCUT2D eigenvalue weighted by Crippen LogP contribution is 2.26. The Morgan fingerprint density at radius 3 is 3.05 bits per heavy atom. The molecule has 0 unspecified atom stereocenters. The summed E-state index contributed by atoms with van der Waals surface area (Å²) in [6.07, 6.45) is 1.49. The minimum absolute atomic E-state index is 0.326. The van der Waals surface area contributed by atoms with Gasteiger partial charge in [-0.1, -0.05) is 12.1 Å². The Morgan fingerprint density at radius 1 is 1.29 bits per heavy atom. The second-order valence-electron chi connectivity index (χ2n) is 4.30. The van der Waals surface area contributed by atoms with Crippen molar-refractivity contribution < 1.29 is 14.3 Å². The van der Waals surface area contributed by atoms with Crippen LogP contribution in [0.3, 0.4) is 0 Å². The minimum atomic E-state index is -0.362. The van der Waals surface area contributed by atoms with Crippen molar-refractivity contribution in [1.29, 1.82) is 0 Å². The minimum Gasteiger partial charge on any atom is -0.472 e. The molecule has 106 valence electrons. The third kappa shape index (κ3) is 2.85. The summed E-state index contributed by atoms with van der Waals surface area (Å²) >= 11 is 1.54. The molecule has 0 aliphatic carbocycles. The molecule has 2 heterocycles. The highest BCUT2D eigenvalue weighted by atomic mass is 32.1. The Balaban J connectivity index is 1.79. The molecule has 3 rings (SSSR count). The monoisotopic (exact) mass is 300 g/mol. The topological polar surface area (TPSA) is 61.3 Å². The molecule has 0 saturated heterocycles. The molecule has 6 heteroatoms. The standard InChI is InChI=1S/C15H12N2O3S/c1-19-15(18)11-4-2-3-10(7-11)8-20-13-12-5-6-21-14(12)17-9-16-13/h2-7,9H,8H2,1H3. The van der Waals surface area contributed by atoms with Gasteiger partial charge in [-0.15, -0.1) is 11.3 Å². The van der Waals surface area contributed by atoms with Crippen molar-refractivity contribution in [2.75, 3.05) is 7.11 Å². The molecule has 0 bridgehead atoms. The van der Waals surface area contributed by atoms with E-state index in [2.05, 4.69) is 9.97 Å². The van der Waals surface area contributed by atoms with E-state index in [-0.39, 0.29) is 5.97 Å². The van der Waals surface area contributed by atoms with Crippen LogP contribution in [0.15, 0.2) is 42.0 Å². The fourth-order valence-electron chi connectivity index (χ4n) is 1.94. The fraction of sp³-hybridized carbons (Fsp3) is 0.133. The number of nitrogens with zero attached hydrogens (tertiary/aromatic N) is 2. The van der Waals surface area contributed by atoms with Crippen molar-refractivity contribution in [3.63, 3.8) is 0 Å². The van der Waals surface area contributed by atoms with Crippen LogP contribution in [0, 0.1) is 0 Å². The Kier molecular flexibility index (Phi) is 3.79. The molecule has 5 nitrogen and oxygen atoms in total. The Morgan fingerprint density at radius 2 is 2.19 bits per heavy atom. The first kappa shape index (κ1) is 13.5. The predicted octanol–water partition coefficient (Wildman–Crippen LogP) is 3.06. The summed E-state index contributed by atoms with van der Waals surface area (Å²) < 4.78 is 10.4. The number of carbonyl (C=O) groups is 1. The fourth-order valence-corrected chi connectivity index (χ4v) is 2.66. The van der Waals surface area contributed by atoms with Crippen molar-refractivity contribution in [2.24, 2.45) is 0 Å². The smallest absolute Gasteiger partial charge is 0.337 e. The summed E-state index contributed by atoms with van der Waals surface area (Å²) in [4.78, 5) is 20.7. The van der Waals surface area contributed by atoms with E-state index in [9.17, 15) is 4.79 Å². The number of thiophene rings is 1. The Labute approximate surface area is 125 Å². The van der Waals surface area contributed by atoms with Crippen LogP contribution < -0.4 is 4.74 Å². The van der Waals surface area contributed by atoms with Crippen LogP contribution >= 0.6 is 11.3 Å². The van der Waals surface area contributed by atoms with Gasteiger partial charge in [0.05, 0.1) is 18.1 Å². The molecule has 3 aromatic rings. The second-order valence-corrected chi connectivity index (χ2v) is 5.19. The summed E-state index contributed by atoms with van der Waals surface area (Å²) in [6.45, 7) is 0.326. The van der Waals surface area contributed by atoms with Crippen LogP contribution in [0.25, 0.3) is 10.2 Å². The first-order valence-electron chi connectivity index (χ1n) is 6.26. The molecular weight excluding hydrogens is 288 g/mol. The third-order valence-corrected chi connectivity index (χ3v) is 3.77. The summed E-state index contributed by atoms with van der Waals surface area (Å²) in [5, 5.41) is 2.84. The lowest BCUT2D eigenvalue weighted by Crippen LogP contribution is -2.03. The average Bonchev–Trinajstić information content (AvgIpc) is 3.01. The predicted molar refractivity (Wildman–Crippen MR) is 79.5 cm³/mol. The molecule has 0 amide bonds. The van der Waals surface area contributed by atoms with Crippen molar-refractivity contribution in [2.45, 2.75) is 6.61 Å². The third-order valence-electron chi connectivity index (χ3n) is 2.95. The van der Waals surface area contributed by atoms with Crippen molar-refractivity contribution in [1.82, 2.24) is 9.97 Å². The van der Waals surface area contributed by atoms with Gasteiger partial charge in [-0.25, -0.2) is 14.8 Å². The van der Waals surface area contributed by atoms with Gasteiger partial charge in [0.2, 0.25) is 5.88 Å². The van der Waals surface area contributed by atoms with Crippen LogP contribution in [0.1, 0.15) is 15.9 Å². The maximum Gasteiger partial charge on any atom is 0.337 e. The number of esters is 1. The van der Waals surface area contributed by atoms with Crippen LogP contribution in [0.2, 0.25) is 0 Å². The van der Waals surface area contributed by atoms with Gasteiger partial charge in [-0.05, 0) is 29.1 Å². The van der Waals surface area contributed by atoms with E-state index in [1.165, 1.54) is 13.4 Å². The summed E-state index contributed by atoms with van der Waals surface area (Å²) in [5.41, 5.74) is 1.38. The number of aromatic nitrogens is 2. The molecule has 0 radical (unpaired) electrons. The number of benzene rings is 1. The summed E-state index contributed by atoms with van der Waals surface area (Å²) in [5.74, 6) is 0.184. The van der Waals surface area contributed by atoms with E-state index in [4.69, 9.17) is 9.47 Å². The average molecular weight is 300 g/mol. The van der Waals surface area contributed by atoms with Crippen molar-refractivity contribution in [3.05, 3.63) is 53.2 Å². The summed E-state index contributed by atoms with van der Waals surface area (Å²) in [7, 11) is 1.36. The van der Waals surface area contributed by atoms with Gasteiger partial charge < -0.3 is 9.47 Å². The molecule has 1 aromatic carbocycles. The number of rotatable bonds is 4. The van der Waals surface area contributed by atoms with Gasteiger partial charge in [0.25, 0.3) is 0 Å².